The van der Waals surface area contributed by atoms with Gasteiger partial charge in [-0.2, -0.15) is 0 Å². The number of carbonyl (C=O) groups excluding carboxylic acids is 1. The van der Waals surface area contributed by atoms with Gasteiger partial charge in [0.25, 0.3) is 0 Å². The highest BCUT2D eigenvalue weighted by Crippen LogP contribution is 2.11. The molecule has 0 aliphatic carbocycles. The van der Waals surface area contributed by atoms with E-state index in [2.05, 4.69) is 27.1 Å². The molecule has 2 N–H and O–H groups in total. The number of hydrogen-bond donors (Lipinski definition) is 2. The lowest BCUT2D eigenvalue weighted by Crippen LogP contribution is -2.50. The normalized spacial score (nSPS) is 19.5. The van der Waals surface area contributed by atoms with Crippen LogP contribution in [0.3, 0.4) is 0 Å². The zero-order valence-corrected chi connectivity index (χ0v) is 13.4. The summed E-state index contributed by atoms with van der Waals surface area (Å²) in [5.41, 5.74) is 1.02. The first-order chi connectivity index (χ1) is 10.1. The summed E-state index contributed by atoms with van der Waals surface area (Å²) in [6.45, 7) is 7.90. The highest BCUT2D eigenvalue weighted by molar-refractivity contribution is 5.74. The number of aromatic nitrogens is 2. The predicted molar refractivity (Wildman–Crippen MR) is 83.1 cm³/mol. The Hall–Kier alpha value is -1.56. The second-order valence-electron chi connectivity index (χ2n) is 5.96. The van der Waals surface area contributed by atoms with Gasteiger partial charge in [-0.1, -0.05) is 6.92 Å². The van der Waals surface area contributed by atoms with Gasteiger partial charge >= 0.3 is 6.03 Å². The average Bonchev–Trinajstić information content (AvgIpc) is 2.85. The number of piperidine rings is 1. The van der Waals surface area contributed by atoms with Crippen LogP contribution < -0.4 is 5.32 Å². The molecule has 0 aromatic carbocycles. The molecule has 0 saturated carbocycles. The molecule has 1 fully saturated rings. The van der Waals surface area contributed by atoms with Crippen LogP contribution in [0, 0.1) is 6.92 Å². The summed E-state index contributed by atoms with van der Waals surface area (Å²) in [7, 11) is 1.81. The molecule has 0 bridgehead atoms. The van der Waals surface area contributed by atoms with Crippen LogP contribution in [0.15, 0.2) is 6.20 Å². The summed E-state index contributed by atoms with van der Waals surface area (Å²) in [4.78, 5) is 23.7. The number of aromatic amines is 1. The molecule has 2 heterocycles. The number of nitrogens with one attached hydrogen (secondary N) is 2. The van der Waals surface area contributed by atoms with Crippen LogP contribution in [0.4, 0.5) is 4.79 Å². The molecule has 1 aliphatic heterocycles. The summed E-state index contributed by atoms with van der Waals surface area (Å²) < 4.78 is 0. The lowest BCUT2D eigenvalue weighted by atomic mass is 10.1. The molecule has 1 aliphatic rings. The highest BCUT2D eigenvalue weighted by Gasteiger charge is 2.22. The van der Waals surface area contributed by atoms with Crippen molar-refractivity contribution in [2.75, 3.05) is 26.7 Å². The van der Waals surface area contributed by atoms with E-state index in [9.17, 15) is 4.79 Å². The van der Waals surface area contributed by atoms with E-state index in [0.717, 1.165) is 44.0 Å². The van der Waals surface area contributed by atoms with Gasteiger partial charge in [0.1, 0.15) is 5.82 Å². The Morgan fingerprint density at radius 2 is 2.43 bits per heavy atom. The van der Waals surface area contributed by atoms with Gasteiger partial charge in [0.2, 0.25) is 0 Å². The zero-order valence-electron chi connectivity index (χ0n) is 13.4. The van der Waals surface area contributed by atoms with Gasteiger partial charge in [-0.15, -0.1) is 0 Å². The summed E-state index contributed by atoms with van der Waals surface area (Å²) in [6.07, 6.45) is 5.18. The Balaban J connectivity index is 1.80. The Morgan fingerprint density at radius 1 is 1.62 bits per heavy atom. The number of hydrogen-bond acceptors (Lipinski definition) is 3. The third-order valence-corrected chi connectivity index (χ3v) is 3.86. The molecular weight excluding hydrogens is 266 g/mol. The maximum atomic E-state index is 12.2. The van der Waals surface area contributed by atoms with E-state index in [1.807, 2.05) is 6.92 Å². The van der Waals surface area contributed by atoms with Crippen LogP contribution in [0.2, 0.25) is 0 Å². The summed E-state index contributed by atoms with van der Waals surface area (Å²) in [5.74, 6) is 0.821. The van der Waals surface area contributed by atoms with Crippen LogP contribution in [-0.4, -0.2) is 58.5 Å². The minimum Gasteiger partial charge on any atom is -0.345 e. The molecule has 1 saturated heterocycles. The van der Waals surface area contributed by atoms with Gasteiger partial charge in [0.15, 0.2) is 0 Å². The molecule has 118 valence electrons. The van der Waals surface area contributed by atoms with Gasteiger partial charge in [-0.05, 0) is 39.3 Å². The lowest BCUT2D eigenvalue weighted by Gasteiger charge is -2.33. The summed E-state index contributed by atoms with van der Waals surface area (Å²) in [6, 6.07) is 0.242. The molecule has 21 heavy (non-hydrogen) atoms. The van der Waals surface area contributed by atoms with E-state index >= 15 is 0 Å². The van der Waals surface area contributed by atoms with Crippen LogP contribution in [0.25, 0.3) is 0 Å². The molecule has 0 spiro atoms. The number of nitrogens with zero attached hydrogens (tertiary/aromatic N) is 3. The maximum Gasteiger partial charge on any atom is 0.317 e. The fourth-order valence-electron chi connectivity index (χ4n) is 2.82. The number of rotatable bonds is 5. The standard InChI is InChI=1S/C15H27N5O/c1-4-7-20-8-5-6-13(10-20)18-15(21)19(3)11-14-16-9-12(2)17-14/h9,13H,4-8,10-11H2,1-3H3,(H,16,17)(H,18,21)/t13-/m0/s1. The van der Waals surface area contributed by atoms with Crippen LogP contribution in [0.5, 0.6) is 0 Å². The first-order valence-electron chi connectivity index (χ1n) is 7.83. The van der Waals surface area contributed by atoms with Gasteiger partial charge in [-0.25, -0.2) is 9.78 Å². The van der Waals surface area contributed by atoms with Crippen molar-refractivity contribution in [3.63, 3.8) is 0 Å². The predicted octanol–water partition coefficient (Wildman–Crippen LogP) is 1.73. The lowest BCUT2D eigenvalue weighted by molar-refractivity contribution is 0.171. The van der Waals surface area contributed by atoms with E-state index < -0.39 is 0 Å². The Morgan fingerprint density at radius 3 is 3.10 bits per heavy atom. The van der Waals surface area contributed by atoms with Gasteiger partial charge in [-0.3, -0.25) is 0 Å². The largest absolute Gasteiger partial charge is 0.345 e. The topological polar surface area (TPSA) is 64.3 Å². The Kier molecular flexibility index (Phi) is 5.61. The van der Waals surface area contributed by atoms with Crippen LogP contribution in [0.1, 0.15) is 37.7 Å². The first kappa shape index (κ1) is 15.8. The average molecular weight is 293 g/mol. The van der Waals surface area contributed by atoms with Crippen molar-refractivity contribution in [3.8, 4) is 0 Å². The van der Waals surface area contributed by atoms with E-state index in [-0.39, 0.29) is 12.1 Å². The molecule has 1 atom stereocenters. The monoisotopic (exact) mass is 293 g/mol. The number of imidazole rings is 1. The first-order valence-corrected chi connectivity index (χ1v) is 7.83. The molecule has 1 aromatic rings. The summed E-state index contributed by atoms with van der Waals surface area (Å²) >= 11 is 0. The molecule has 2 amide bonds. The highest BCUT2D eigenvalue weighted by atomic mass is 16.2. The second kappa shape index (κ2) is 7.45. The number of amides is 2. The fraction of sp³-hybridized carbons (Fsp3) is 0.733. The third-order valence-electron chi connectivity index (χ3n) is 3.86. The van der Waals surface area contributed by atoms with E-state index in [0.29, 0.717) is 6.54 Å². The van der Waals surface area contributed by atoms with Gasteiger partial charge in [0.05, 0.1) is 6.54 Å². The van der Waals surface area contributed by atoms with Crippen molar-refractivity contribution in [1.29, 1.82) is 0 Å². The number of aryl methyl sites for hydroxylation is 1. The summed E-state index contributed by atoms with van der Waals surface area (Å²) in [5, 5.41) is 3.14. The Bertz CT molecular complexity index is 457. The SMILES string of the molecule is CCCN1CCC[C@H](NC(=O)N(C)Cc2ncc(C)[nH]2)C1. The van der Waals surface area contributed by atoms with Crippen molar-refractivity contribution in [3.05, 3.63) is 17.7 Å². The van der Waals surface area contributed by atoms with Crippen molar-refractivity contribution < 1.29 is 4.79 Å². The minimum atomic E-state index is -0.0209. The molecule has 6 heteroatoms. The van der Waals surface area contributed by atoms with Crippen molar-refractivity contribution in [1.82, 2.24) is 25.1 Å². The smallest absolute Gasteiger partial charge is 0.317 e. The number of H-pyrrole nitrogens is 1. The molecule has 0 unspecified atom stereocenters. The Labute approximate surface area is 126 Å². The molecule has 1 aromatic heterocycles. The van der Waals surface area contributed by atoms with Crippen LogP contribution in [-0.2, 0) is 6.54 Å². The molecule has 6 nitrogen and oxygen atoms in total. The fourth-order valence-corrected chi connectivity index (χ4v) is 2.82. The molecule has 2 rings (SSSR count). The second-order valence-corrected chi connectivity index (χ2v) is 5.96. The zero-order chi connectivity index (χ0) is 15.2. The molecule has 0 radical (unpaired) electrons. The quantitative estimate of drug-likeness (QED) is 0.869. The number of urea groups is 1. The molecular formula is C15H27N5O. The third kappa shape index (κ3) is 4.74. The van der Waals surface area contributed by atoms with Crippen molar-refractivity contribution in [2.45, 2.75) is 45.7 Å². The number of likely N-dealkylation sites (tertiary alicyclic amines) is 1. The van der Waals surface area contributed by atoms with Gasteiger partial charge in [0, 0.05) is 31.5 Å². The maximum absolute atomic E-state index is 12.2. The van der Waals surface area contributed by atoms with E-state index in [1.54, 1.807) is 18.1 Å². The van der Waals surface area contributed by atoms with Crippen molar-refractivity contribution >= 4 is 6.03 Å². The minimum absolute atomic E-state index is 0.0209. The number of carbonyl (C=O) groups is 1. The van der Waals surface area contributed by atoms with Crippen molar-refractivity contribution in [2.24, 2.45) is 0 Å². The van der Waals surface area contributed by atoms with E-state index in [4.69, 9.17) is 0 Å². The van der Waals surface area contributed by atoms with E-state index in [1.165, 1.54) is 6.42 Å². The van der Waals surface area contributed by atoms with Gasteiger partial charge < -0.3 is 20.1 Å². The van der Waals surface area contributed by atoms with Crippen LogP contribution >= 0.6 is 0 Å².